The van der Waals surface area contributed by atoms with Gasteiger partial charge in [0.1, 0.15) is 11.1 Å². The van der Waals surface area contributed by atoms with Crippen molar-refractivity contribution in [3.05, 3.63) is 28.1 Å². The SMILES string of the molecule is COC(=O)C(C)(C)Nc1nc2ccc(NC(=O)OC(C)(C)C)c(C)c2c(=O)o1. The van der Waals surface area contributed by atoms with E-state index >= 15 is 0 Å². The number of nitrogens with zero attached hydrogens (tertiary/aromatic N) is 1. The zero-order valence-electron chi connectivity index (χ0n) is 17.1. The molecule has 0 bridgehead atoms. The number of esters is 1. The van der Waals surface area contributed by atoms with Gasteiger partial charge in [-0.1, -0.05) is 0 Å². The summed E-state index contributed by atoms with van der Waals surface area (Å²) in [6, 6.07) is 3.08. The molecule has 0 aliphatic carbocycles. The summed E-state index contributed by atoms with van der Waals surface area (Å²) in [6.07, 6.45) is -0.634. The number of nitrogens with one attached hydrogen (secondary N) is 2. The molecular weight excluding hydrogens is 366 g/mol. The van der Waals surface area contributed by atoms with Crippen molar-refractivity contribution in [2.75, 3.05) is 17.7 Å². The fourth-order valence-corrected chi connectivity index (χ4v) is 2.50. The summed E-state index contributed by atoms with van der Waals surface area (Å²) in [5.41, 5.74) is -1.19. The topological polar surface area (TPSA) is 120 Å². The van der Waals surface area contributed by atoms with Gasteiger partial charge in [-0.2, -0.15) is 4.98 Å². The predicted molar refractivity (Wildman–Crippen MR) is 105 cm³/mol. The molecule has 1 amide bonds. The molecule has 0 atom stereocenters. The third-order valence-electron chi connectivity index (χ3n) is 3.81. The molecule has 0 aliphatic rings. The lowest BCUT2D eigenvalue weighted by Crippen LogP contribution is -2.41. The average molecular weight is 391 g/mol. The maximum Gasteiger partial charge on any atom is 0.412 e. The lowest BCUT2D eigenvalue weighted by molar-refractivity contribution is -0.144. The van der Waals surface area contributed by atoms with Crippen LogP contribution in [0.2, 0.25) is 0 Å². The highest BCUT2D eigenvalue weighted by Crippen LogP contribution is 2.24. The summed E-state index contributed by atoms with van der Waals surface area (Å²) in [5.74, 6) is -0.537. The molecule has 2 N–H and O–H groups in total. The van der Waals surface area contributed by atoms with Gasteiger partial charge < -0.3 is 19.2 Å². The van der Waals surface area contributed by atoms with Crippen LogP contribution < -0.4 is 16.3 Å². The molecule has 0 aliphatic heterocycles. The van der Waals surface area contributed by atoms with Gasteiger partial charge in [0, 0.05) is 5.69 Å². The lowest BCUT2D eigenvalue weighted by Gasteiger charge is -2.22. The van der Waals surface area contributed by atoms with E-state index in [0.717, 1.165) is 0 Å². The number of methoxy groups -OCH3 is 1. The van der Waals surface area contributed by atoms with Gasteiger partial charge >= 0.3 is 17.7 Å². The van der Waals surface area contributed by atoms with E-state index in [4.69, 9.17) is 13.9 Å². The minimum atomic E-state index is -1.14. The van der Waals surface area contributed by atoms with E-state index in [9.17, 15) is 14.4 Å². The number of carbonyl (C=O) groups is 2. The van der Waals surface area contributed by atoms with Gasteiger partial charge in [-0.15, -0.1) is 0 Å². The van der Waals surface area contributed by atoms with Gasteiger partial charge in [0.25, 0.3) is 6.01 Å². The number of fused-ring (bicyclic) bond motifs is 1. The van der Waals surface area contributed by atoms with Gasteiger partial charge in [0.15, 0.2) is 0 Å². The minimum Gasteiger partial charge on any atom is -0.467 e. The summed E-state index contributed by atoms with van der Waals surface area (Å²) in [7, 11) is 1.26. The van der Waals surface area contributed by atoms with Gasteiger partial charge in [-0.05, 0) is 59.2 Å². The maximum atomic E-state index is 12.5. The number of carbonyl (C=O) groups excluding carboxylic acids is 2. The van der Waals surface area contributed by atoms with Gasteiger partial charge in [-0.25, -0.2) is 14.4 Å². The summed E-state index contributed by atoms with van der Waals surface area (Å²) in [6.45, 7) is 10.1. The fourth-order valence-electron chi connectivity index (χ4n) is 2.50. The van der Waals surface area contributed by atoms with Crippen LogP contribution in [-0.4, -0.2) is 35.3 Å². The first-order chi connectivity index (χ1) is 12.8. The van der Waals surface area contributed by atoms with E-state index in [1.54, 1.807) is 53.7 Å². The molecule has 28 heavy (non-hydrogen) atoms. The Bertz CT molecular complexity index is 972. The molecule has 0 spiro atoms. The van der Waals surface area contributed by atoms with Crippen molar-refractivity contribution in [1.29, 1.82) is 0 Å². The van der Waals surface area contributed by atoms with E-state index in [-0.39, 0.29) is 11.4 Å². The molecule has 0 unspecified atom stereocenters. The van der Waals surface area contributed by atoms with Crippen LogP contribution in [0.15, 0.2) is 21.3 Å². The van der Waals surface area contributed by atoms with Gasteiger partial charge in [-0.3, -0.25) is 5.32 Å². The Morgan fingerprint density at radius 2 is 1.79 bits per heavy atom. The van der Waals surface area contributed by atoms with Crippen LogP contribution >= 0.6 is 0 Å². The normalized spacial score (nSPS) is 11.8. The molecule has 1 aromatic heterocycles. The van der Waals surface area contributed by atoms with Crippen molar-refractivity contribution >= 4 is 34.7 Å². The highest BCUT2D eigenvalue weighted by molar-refractivity contribution is 5.93. The first kappa shape index (κ1) is 21.2. The molecule has 1 aromatic carbocycles. The second kappa shape index (κ2) is 7.49. The minimum absolute atomic E-state index is 0.111. The number of hydrogen-bond acceptors (Lipinski definition) is 8. The van der Waals surface area contributed by atoms with E-state index in [0.29, 0.717) is 16.8 Å². The number of amides is 1. The van der Waals surface area contributed by atoms with Crippen LogP contribution in [0.1, 0.15) is 40.2 Å². The largest absolute Gasteiger partial charge is 0.467 e. The quantitative estimate of drug-likeness (QED) is 0.763. The van der Waals surface area contributed by atoms with Crippen LogP contribution in [0.4, 0.5) is 16.5 Å². The number of aryl methyl sites for hydroxylation is 1. The van der Waals surface area contributed by atoms with Crippen molar-refractivity contribution in [2.45, 2.75) is 52.7 Å². The number of benzene rings is 1. The monoisotopic (exact) mass is 391 g/mol. The first-order valence-corrected chi connectivity index (χ1v) is 8.65. The van der Waals surface area contributed by atoms with Crippen molar-refractivity contribution < 1.29 is 23.5 Å². The molecular formula is C19H25N3O6. The zero-order valence-corrected chi connectivity index (χ0v) is 17.1. The van der Waals surface area contributed by atoms with Crippen LogP contribution in [0.5, 0.6) is 0 Å². The summed E-state index contributed by atoms with van der Waals surface area (Å²) in [4.78, 5) is 40.6. The number of rotatable bonds is 4. The van der Waals surface area contributed by atoms with Gasteiger partial charge in [0.2, 0.25) is 0 Å². The average Bonchev–Trinajstić information content (AvgIpc) is 2.54. The van der Waals surface area contributed by atoms with Crippen LogP contribution in [0.3, 0.4) is 0 Å². The Hall–Kier alpha value is -3.10. The molecule has 0 saturated heterocycles. The Labute approximate surface area is 162 Å². The highest BCUT2D eigenvalue weighted by Gasteiger charge is 2.30. The second-order valence-electron chi connectivity index (χ2n) is 7.81. The predicted octanol–water partition coefficient (Wildman–Crippen LogP) is 3.21. The standard InChI is InChI=1S/C19H25N3O6/c1-10-11(21-17(25)28-18(2,3)4)8-9-12-13(10)14(23)27-16(20-12)22-19(5,6)15(24)26-7/h8-9H,1-7H3,(H,20,22)(H,21,25). The van der Waals surface area contributed by atoms with E-state index in [1.807, 2.05) is 0 Å². The highest BCUT2D eigenvalue weighted by atomic mass is 16.6. The summed E-state index contributed by atoms with van der Waals surface area (Å²) >= 11 is 0. The second-order valence-corrected chi connectivity index (χ2v) is 7.81. The number of hydrogen-bond donors (Lipinski definition) is 2. The maximum absolute atomic E-state index is 12.5. The fraction of sp³-hybridized carbons (Fsp3) is 0.474. The summed E-state index contributed by atoms with van der Waals surface area (Å²) < 4.78 is 15.1. The molecule has 9 heteroatoms. The van der Waals surface area contributed by atoms with Crippen molar-refractivity contribution in [1.82, 2.24) is 4.98 Å². The number of aromatic nitrogens is 1. The van der Waals surface area contributed by atoms with E-state index in [1.165, 1.54) is 7.11 Å². The third kappa shape index (κ3) is 4.79. The smallest absolute Gasteiger partial charge is 0.412 e. The number of anilines is 2. The Morgan fingerprint density at radius 3 is 2.36 bits per heavy atom. The number of ether oxygens (including phenoxy) is 2. The summed E-state index contributed by atoms with van der Waals surface area (Å²) in [5, 5.41) is 5.58. The molecule has 0 fully saturated rings. The molecule has 9 nitrogen and oxygen atoms in total. The van der Waals surface area contributed by atoms with Gasteiger partial charge in [0.05, 0.1) is 18.0 Å². The van der Waals surface area contributed by atoms with Crippen molar-refractivity contribution in [3.63, 3.8) is 0 Å². The van der Waals surface area contributed by atoms with Crippen LogP contribution in [0, 0.1) is 6.92 Å². The molecule has 2 aromatic rings. The van der Waals surface area contributed by atoms with Crippen LogP contribution in [-0.2, 0) is 14.3 Å². The third-order valence-corrected chi connectivity index (χ3v) is 3.81. The molecule has 0 radical (unpaired) electrons. The Morgan fingerprint density at radius 1 is 1.14 bits per heavy atom. The Kier molecular flexibility index (Phi) is 5.67. The Balaban J connectivity index is 2.38. The van der Waals surface area contributed by atoms with E-state index in [2.05, 4.69) is 15.6 Å². The molecule has 0 saturated carbocycles. The van der Waals surface area contributed by atoms with E-state index < -0.39 is 28.8 Å². The van der Waals surface area contributed by atoms with Crippen molar-refractivity contribution in [3.8, 4) is 0 Å². The molecule has 152 valence electrons. The lowest BCUT2D eigenvalue weighted by atomic mass is 10.1. The van der Waals surface area contributed by atoms with Crippen LogP contribution in [0.25, 0.3) is 10.9 Å². The zero-order chi connectivity index (χ0) is 21.3. The van der Waals surface area contributed by atoms with Crippen molar-refractivity contribution in [2.24, 2.45) is 0 Å². The first-order valence-electron chi connectivity index (χ1n) is 8.65. The molecule has 2 rings (SSSR count). The molecule has 1 heterocycles.